The monoisotopic (exact) mass is 310 g/mol. The van der Waals surface area contributed by atoms with Gasteiger partial charge in [-0.15, -0.1) is 0 Å². The maximum absolute atomic E-state index is 11.2. The van der Waals surface area contributed by atoms with Crippen LogP contribution < -0.4 is 9.86 Å². The van der Waals surface area contributed by atoms with E-state index < -0.39 is 24.1 Å². The Hall–Kier alpha value is -0.760. The summed E-state index contributed by atoms with van der Waals surface area (Å²) in [5, 5.41) is 4.58. The largest absolute Gasteiger partial charge is 0.344 e. The SMILES string of the molecule is COP(=O)(CNS(N)(=O)=O)OC.Cc1ccccc1. The summed E-state index contributed by atoms with van der Waals surface area (Å²) in [5.41, 5.74) is 1.32. The first-order valence-electron chi connectivity index (χ1n) is 5.22. The van der Waals surface area contributed by atoms with Gasteiger partial charge in [0.1, 0.15) is 6.29 Å². The number of nitrogens with one attached hydrogen (secondary N) is 1. The second-order valence-corrected chi connectivity index (χ2v) is 7.13. The summed E-state index contributed by atoms with van der Waals surface area (Å²) in [6, 6.07) is 10.3. The zero-order valence-electron chi connectivity index (χ0n) is 11.1. The molecule has 7 nitrogen and oxygen atoms in total. The normalized spacial score (nSPS) is 11.6. The fraction of sp³-hybridized carbons (Fsp3) is 0.400. The molecule has 0 atom stereocenters. The summed E-state index contributed by atoms with van der Waals surface area (Å²) in [6.45, 7) is 2.08. The third-order valence-corrected chi connectivity index (χ3v) is 4.37. The van der Waals surface area contributed by atoms with Crippen LogP contribution in [0, 0.1) is 6.92 Å². The van der Waals surface area contributed by atoms with Gasteiger partial charge < -0.3 is 9.05 Å². The lowest BCUT2D eigenvalue weighted by molar-refractivity contribution is 0.275. The molecule has 0 saturated heterocycles. The minimum Gasteiger partial charge on any atom is -0.311 e. The highest BCUT2D eigenvalue weighted by Gasteiger charge is 2.22. The second kappa shape index (κ2) is 8.42. The van der Waals surface area contributed by atoms with Crippen molar-refractivity contribution in [2.24, 2.45) is 5.14 Å². The second-order valence-electron chi connectivity index (χ2n) is 3.48. The Morgan fingerprint density at radius 2 is 1.68 bits per heavy atom. The van der Waals surface area contributed by atoms with Crippen molar-refractivity contribution in [1.82, 2.24) is 4.72 Å². The zero-order chi connectivity index (χ0) is 14.9. The molecule has 0 spiro atoms. The van der Waals surface area contributed by atoms with E-state index in [4.69, 9.17) is 0 Å². The van der Waals surface area contributed by atoms with Gasteiger partial charge >= 0.3 is 7.60 Å². The van der Waals surface area contributed by atoms with Gasteiger partial charge in [-0.05, 0) is 6.92 Å². The van der Waals surface area contributed by atoms with Crippen molar-refractivity contribution in [2.45, 2.75) is 6.92 Å². The summed E-state index contributed by atoms with van der Waals surface area (Å²) in [4.78, 5) is 0. The molecule has 0 unspecified atom stereocenters. The van der Waals surface area contributed by atoms with Gasteiger partial charge in [0, 0.05) is 14.2 Å². The molecular weight excluding hydrogens is 291 g/mol. The number of rotatable bonds is 5. The van der Waals surface area contributed by atoms with Gasteiger partial charge in [0.25, 0.3) is 10.2 Å². The lowest BCUT2D eigenvalue weighted by Gasteiger charge is -2.12. The molecule has 0 bridgehead atoms. The number of hydrogen-bond donors (Lipinski definition) is 2. The molecule has 1 aromatic rings. The first kappa shape index (κ1) is 18.2. The minimum absolute atomic E-state index is 0.473. The van der Waals surface area contributed by atoms with Crippen molar-refractivity contribution in [3.8, 4) is 0 Å². The third-order valence-electron chi connectivity index (χ3n) is 1.96. The lowest BCUT2D eigenvalue weighted by atomic mass is 10.2. The van der Waals surface area contributed by atoms with Crippen molar-refractivity contribution in [3.63, 3.8) is 0 Å². The molecule has 9 heteroatoms. The van der Waals surface area contributed by atoms with E-state index in [1.165, 1.54) is 5.56 Å². The number of hydrogen-bond acceptors (Lipinski definition) is 5. The molecule has 1 aromatic carbocycles. The van der Waals surface area contributed by atoms with E-state index >= 15 is 0 Å². The van der Waals surface area contributed by atoms with E-state index in [1.807, 2.05) is 18.2 Å². The van der Waals surface area contributed by atoms with E-state index in [9.17, 15) is 13.0 Å². The summed E-state index contributed by atoms with van der Waals surface area (Å²) < 4.78 is 42.5. The topological polar surface area (TPSA) is 108 Å². The first-order valence-corrected chi connectivity index (χ1v) is 8.49. The molecule has 0 radical (unpaired) electrons. The van der Waals surface area contributed by atoms with Gasteiger partial charge in [-0.2, -0.15) is 13.1 Å². The summed E-state index contributed by atoms with van der Waals surface area (Å²) in [6.07, 6.45) is -0.473. The maximum Gasteiger partial charge on any atom is 0.344 e. The first-order chi connectivity index (χ1) is 8.72. The van der Waals surface area contributed by atoms with Gasteiger partial charge in [-0.3, -0.25) is 4.57 Å². The van der Waals surface area contributed by atoms with E-state index in [0.29, 0.717) is 0 Å². The predicted octanol–water partition coefficient (Wildman–Crippen LogP) is 1.22. The highest BCUT2D eigenvalue weighted by atomic mass is 32.2. The van der Waals surface area contributed by atoms with Crippen molar-refractivity contribution in [3.05, 3.63) is 35.9 Å². The maximum atomic E-state index is 11.2. The average Bonchev–Trinajstić information content (AvgIpc) is 2.37. The molecule has 110 valence electrons. The van der Waals surface area contributed by atoms with Gasteiger partial charge in [-0.1, -0.05) is 35.9 Å². The van der Waals surface area contributed by atoms with Gasteiger partial charge in [0.2, 0.25) is 0 Å². The van der Waals surface area contributed by atoms with E-state index in [-0.39, 0.29) is 0 Å². The van der Waals surface area contributed by atoms with Crippen LogP contribution >= 0.6 is 7.60 Å². The van der Waals surface area contributed by atoms with Crippen molar-refractivity contribution in [2.75, 3.05) is 20.5 Å². The molecule has 1 rings (SSSR count). The summed E-state index contributed by atoms with van der Waals surface area (Å²) >= 11 is 0. The molecule has 0 amide bonds. The molecule has 0 aromatic heterocycles. The van der Waals surface area contributed by atoms with Crippen LogP contribution in [0.3, 0.4) is 0 Å². The van der Waals surface area contributed by atoms with Crippen LogP contribution in [0.15, 0.2) is 30.3 Å². The smallest absolute Gasteiger partial charge is 0.311 e. The molecular formula is C10H19N2O5PS. The fourth-order valence-electron chi connectivity index (χ4n) is 0.907. The van der Waals surface area contributed by atoms with Crippen LogP contribution in [0.1, 0.15) is 5.56 Å². The number of aryl methyl sites for hydroxylation is 1. The Morgan fingerprint density at radius 1 is 1.21 bits per heavy atom. The van der Waals surface area contributed by atoms with Gasteiger partial charge in [-0.25, -0.2) is 5.14 Å². The minimum atomic E-state index is -3.86. The van der Waals surface area contributed by atoms with Crippen LogP contribution in [0.2, 0.25) is 0 Å². The fourth-order valence-corrected chi connectivity index (χ4v) is 2.67. The Kier molecular flexibility index (Phi) is 8.08. The summed E-state index contributed by atoms with van der Waals surface area (Å²) in [5.74, 6) is 0. The average molecular weight is 310 g/mol. The van der Waals surface area contributed by atoms with E-state index in [0.717, 1.165) is 14.2 Å². The van der Waals surface area contributed by atoms with Gasteiger partial charge in [0.05, 0.1) is 0 Å². The third kappa shape index (κ3) is 9.77. The van der Waals surface area contributed by atoms with E-state index in [1.54, 1.807) is 4.72 Å². The number of benzene rings is 1. The Labute approximate surface area is 113 Å². The van der Waals surface area contributed by atoms with Crippen LogP contribution in [-0.4, -0.2) is 28.9 Å². The highest BCUT2D eigenvalue weighted by Crippen LogP contribution is 2.44. The van der Waals surface area contributed by atoms with Crippen LogP contribution in [0.4, 0.5) is 0 Å². The quantitative estimate of drug-likeness (QED) is 0.795. The molecule has 0 saturated carbocycles. The van der Waals surface area contributed by atoms with Crippen LogP contribution in [-0.2, 0) is 23.8 Å². The zero-order valence-corrected chi connectivity index (χ0v) is 12.8. The standard InChI is InChI=1S/C7H8.C3H11N2O5PS/c1-7-5-3-2-4-6-7;1-9-11(6,10-2)3-5-12(4,7)8/h2-6H,1H3;5H,3H2,1-2H3,(H2,4,7,8). The molecule has 0 fully saturated rings. The van der Waals surface area contributed by atoms with Crippen LogP contribution in [0.25, 0.3) is 0 Å². The molecule has 0 aliphatic heterocycles. The molecule has 0 aliphatic carbocycles. The lowest BCUT2D eigenvalue weighted by Crippen LogP contribution is -2.31. The Morgan fingerprint density at radius 3 is 1.95 bits per heavy atom. The van der Waals surface area contributed by atoms with Crippen LogP contribution in [0.5, 0.6) is 0 Å². The molecule has 0 heterocycles. The van der Waals surface area contributed by atoms with Crippen molar-refractivity contribution >= 4 is 17.8 Å². The highest BCUT2D eigenvalue weighted by molar-refractivity contribution is 7.87. The molecule has 19 heavy (non-hydrogen) atoms. The number of nitrogens with two attached hydrogens (primary N) is 1. The molecule has 0 aliphatic rings. The van der Waals surface area contributed by atoms with Crippen molar-refractivity contribution < 1.29 is 22.0 Å². The van der Waals surface area contributed by atoms with Gasteiger partial charge in [0.15, 0.2) is 0 Å². The Balaban J connectivity index is 0.000000388. The molecule has 3 N–H and O–H groups in total. The van der Waals surface area contributed by atoms with E-state index in [2.05, 4.69) is 33.2 Å². The predicted molar refractivity (Wildman–Crippen MR) is 73.9 cm³/mol. The van der Waals surface area contributed by atoms with Crippen molar-refractivity contribution in [1.29, 1.82) is 0 Å². The Bertz CT molecular complexity index is 498. The summed E-state index contributed by atoms with van der Waals surface area (Å²) in [7, 11) is -4.91.